The molecule has 0 aliphatic heterocycles. The fourth-order valence-corrected chi connectivity index (χ4v) is 2.30. The van der Waals surface area contributed by atoms with E-state index >= 15 is 0 Å². The number of hydrogen-bond acceptors (Lipinski definition) is 3. The van der Waals surface area contributed by atoms with Gasteiger partial charge in [0.25, 0.3) is 5.91 Å². The Morgan fingerprint density at radius 1 is 1.05 bits per heavy atom. The second-order valence-electron chi connectivity index (χ2n) is 5.26. The number of carbonyl (C=O) groups is 1. The highest BCUT2D eigenvalue weighted by atomic mass is 16.4. The Balaban J connectivity index is 2.02. The molecule has 0 atom stereocenters. The van der Waals surface area contributed by atoms with Gasteiger partial charge in [0.2, 0.25) is 0 Å². The van der Waals surface area contributed by atoms with Gasteiger partial charge in [-0.25, -0.2) is 4.79 Å². The fraction of sp³-hybridized carbons (Fsp3) is 0.111. The molecular weight excluding hydrogens is 278 g/mol. The van der Waals surface area contributed by atoms with E-state index in [2.05, 4.69) is 5.32 Å². The second kappa shape index (κ2) is 5.48. The lowest BCUT2D eigenvalue weighted by molar-refractivity contribution is 0.102. The van der Waals surface area contributed by atoms with E-state index in [0.717, 1.165) is 16.5 Å². The summed E-state index contributed by atoms with van der Waals surface area (Å²) < 4.78 is 5.22. The van der Waals surface area contributed by atoms with Crippen molar-refractivity contribution in [2.45, 2.75) is 13.8 Å². The van der Waals surface area contributed by atoms with Gasteiger partial charge in [-0.1, -0.05) is 29.8 Å². The zero-order chi connectivity index (χ0) is 15.7. The molecule has 4 heteroatoms. The van der Waals surface area contributed by atoms with E-state index in [1.807, 2.05) is 44.2 Å². The minimum atomic E-state index is -0.637. The Morgan fingerprint density at radius 2 is 1.82 bits per heavy atom. The van der Waals surface area contributed by atoms with E-state index in [9.17, 15) is 9.59 Å². The maximum Gasteiger partial charge on any atom is 0.349 e. The molecule has 4 nitrogen and oxygen atoms in total. The van der Waals surface area contributed by atoms with Gasteiger partial charge in [-0.3, -0.25) is 4.79 Å². The van der Waals surface area contributed by atoms with E-state index in [-0.39, 0.29) is 5.56 Å². The molecule has 1 amide bonds. The number of para-hydroxylation sites is 1. The van der Waals surface area contributed by atoms with Crippen molar-refractivity contribution < 1.29 is 9.21 Å². The molecular formula is C18H15NO3. The highest BCUT2D eigenvalue weighted by Gasteiger charge is 2.14. The first-order valence-electron chi connectivity index (χ1n) is 6.96. The standard InChI is InChI=1S/C18H15NO3/c1-11-7-8-16-13(9-11)10-14(18(21)22-16)17(20)19-15-6-4-3-5-12(15)2/h3-10H,1-2H3,(H,19,20). The van der Waals surface area contributed by atoms with Crippen molar-refractivity contribution in [2.75, 3.05) is 5.32 Å². The molecule has 2 aromatic carbocycles. The molecule has 0 radical (unpaired) electrons. The number of nitrogens with one attached hydrogen (secondary N) is 1. The molecule has 0 saturated carbocycles. The third-order valence-electron chi connectivity index (χ3n) is 3.53. The van der Waals surface area contributed by atoms with Crippen LogP contribution in [0.2, 0.25) is 0 Å². The lowest BCUT2D eigenvalue weighted by Gasteiger charge is -2.08. The van der Waals surface area contributed by atoms with E-state index in [1.165, 1.54) is 0 Å². The fourth-order valence-electron chi connectivity index (χ4n) is 2.30. The highest BCUT2D eigenvalue weighted by molar-refractivity contribution is 6.05. The van der Waals surface area contributed by atoms with Gasteiger partial charge >= 0.3 is 5.63 Å². The summed E-state index contributed by atoms with van der Waals surface area (Å²) in [4.78, 5) is 24.4. The van der Waals surface area contributed by atoms with E-state index in [0.29, 0.717) is 11.3 Å². The van der Waals surface area contributed by atoms with Gasteiger partial charge < -0.3 is 9.73 Å². The average molecular weight is 293 g/mol. The minimum absolute atomic E-state index is 0.00125. The zero-order valence-corrected chi connectivity index (χ0v) is 12.3. The van der Waals surface area contributed by atoms with Crippen molar-refractivity contribution in [3.05, 3.63) is 75.6 Å². The topological polar surface area (TPSA) is 59.3 Å². The summed E-state index contributed by atoms with van der Waals surface area (Å²) in [6, 6.07) is 14.4. The minimum Gasteiger partial charge on any atom is -0.422 e. The Hall–Kier alpha value is -2.88. The van der Waals surface area contributed by atoms with E-state index < -0.39 is 11.5 Å². The average Bonchev–Trinajstić information content (AvgIpc) is 2.49. The molecule has 0 bridgehead atoms. The van der Waals surface area contributed by atoms with Crippen LogP contribution in [0, 0.1) is 13.8 Å². The quantitative estimate of drug-likeness (QED) is 0.733. The molecule has 3 rings (SSSR count). The van der Waals surface area contributed by atoms with Crippen LogP contribution in [-0.4, -0.2) is 5.91 Å². The number of benzene rings is 2. The van der Waals surface area contributed by atoms with Gasteiger partial charge in [-0.05, 0) is 43.7 Å². The number of anilines is 1. The molecule has 0 aliphatic carbocycles. The van der Waals surface area contributed by atoms with E-state index in [1.54, 1.807) is 18.2 Å². The predicted molar refractivity (Wildman–Crippen MR) is 86.4 cm³/mol. The van der Waals surface area contributed by atoms with Gasteiger partial charge in [0.1, 0.15) is 11.1 Å². The van der Waals surface area contributed by atoms with Crippen LogP contribution in [0.3, 0.4) is 0 Å². The SMILES string of the molecule is Cc1ccc2oc(=O)c(C(=O)Nc3ccccc3C)cc2c1. The Morgan fingerprint density at radius 3 is 2.59 bits per heavy atom. The van der Waals surface area contributed by atoms with Crippen LogP contribution < -0.4 is 10.9 Å². The van der Waals surface area contributed by atoms with Gasteiger partial charge in [0.05, 0.1) is 0 Å². The Kier molecular flexibility index (Phi) is 3.51. The number of amides is 1. The van der Waals surface area contributed by atoms with Gasteiger partial charge in [0.15, 0.2) is 0 Å². The molecule has 0 saturated heterocycles. The third-order valence-corrected chi connectivity index (χ3v) is 3.53. The predicted octanol–water partition coefficient (Wildman–Crippen LogP) is 3.66. The summed E-state index contributed by atoms with van der Waals surface area (Å²) in [5, 5.41) is 3.48. The number of carbonyl (C=O) groups excluding carboxylic acids is 1. The van der Waals surface area contributed by atoms with Crippen molar-refractivity contribution in [1.82, 2.24) is 0 Å². The Labute approximate surface area is 127 Å². The molecule has 110 valence electrons. The molecule has 0 aliphatic rings. The third kappa shape index (κ3) is 2.63. The van der Waals surface area contributed by atoms with Crippen LogP contribution in [-0.2, 0) is 0 Å². The summed E-state index contributed by atoms with van der Waals surface area (Å²) in [6.45, 7) is 3.83. The molecule has 1 aromatic heterocycles. The van der Waals surface area contributed by atoms with Crippen LogP contribution in [0.4, 0.5) is 5.69 Å². The first kappa shape index (κ1) is 14.1. The largest absolute Gasteiger partial charge is 0.422 e. The van der Waals surface area contributed by atoms with E-state index in [4.69, 9.17) is 4.42 Å². The van der Waals surface area contributed by atoms with Crippen molar-refractivity contribution >= 4 is 22.6 Å². The van der Waals surface area contributed by atoms with Crippen molar-refractivity contribution in [3.8, 4) is 0 Å². The number of hydrogen-bond donors (Lipinski definition) is 1. The van der Waals surface area contributed by atoms with Crippen LogP contribution in [0.1, 0.15) is 21.5 Å². The van der Waals surface area contributed by atoms with Crippen molar-refractivity contribution in [1.29, 1.82) is 0 Å². The monoisotopic (exact) mass is 293 g/mol. The summed E-state index contributed by atoms with van der Waals surface area (Å²) in [5.41, 5.74) is 2.48. The van der Waals surface area contributed by atoms with Gasteiger partial charge in [-0.15, -0.1) is 0 Å². The van der Waals surface area contributed by atoms with Gasteiger partial charge in [0, 0.05) is 11.1 Å². The lowest BCUT2D eigenvalue weighted by Crippen LogP contribution is -2.21. The highest BCUT2D eigenvalue weighted by Crippen LogP contribution is 2.17. The molecule has 22 heavy (non-hydrogen) atoms. The molecule has 0 fully saturated rings. The van der Waals surface area contributed by atoms with Crippen molar-refractivity contribution in [3.63, 3.8) is 0 Å². The van der Waals surface area contributed by atoms with Crippen LogP contribution in [0.5, 0.6) is 0 Å². The Bertz CT molecular complexity index is 925. The number of aryl methyl sites for hydroxylation is 2. The number of rotatable bonds is 2. The summed E-state index contributed by atoms with van der Waals surface area (Å²) >= 11 is 0. The lowest BCUT2D eigenvalue weighted by atomic mass is 10.1. The summed E-state index contributed by atoms with van der Waals surface area (Å²) in [6.07, 6.45) is 0. The molecule has 0 unspecified atom stereocenters. The maximum absolute atomic E-state index is 12.3. The van der Waals surface area contributed by atoms with Gasteiger partial charge in [-0.2, -0.15) is 0 Å². The van der Waals surface area contributed by atoms with Crippen molar-refractivity contribution in [2.24, 2.45) is 0 Å². The normalized spacial score (nSPS) is 10.6. The maximum atomic E-state index is 12.3. The second-order valence-corrected chi connectivity index (χ2v) is 5.26. The summed E-state index contributed by atoms with van der Waals surface area (Å²) in [5.74, 6) is -0.466. The molecule has 0 spiro atoms. The van der Waals surface area contributed by atoms with Crippen LogP contribution in [0.15, 0.2) is 57.7 Å². The summed E-state index contributed by atoms with van der Waals surface area (Å²) in [7, 11) is 0. The zero-order valence-electron chi connectivity index (χ0n) is 12.3. The molecule has 1 heterocycles. The molecule has 1 N–H and O–H groups in total. The smallest absolute Gasteiger partial charge is 0.349 e. The first-order chi connectivity index (χ1) is 10.5. The van der Waals surface area contributed by atoms with Crippen LogP contribution in [0.25, 0.3) is 11.0 Å². The first-order valence-corrected chi connectivity index (χ1v) is 6.96. The molecule has 3 aromatic rings. The van der Waals surface area contributed by atoms with Crippen LogP contribution >= 0.6 is 0 Å². The number of fused-ring (bicyclic) bond motifs is 1.